The summed E-state index contributed by atoms with van der Waals surface area (Å²) in [6, 6.07) is 14.0. The molecule has 2 rings (SSSR count). The van der Waals surface area contributed by atoms with Gasteiger partial charge in [0.15, 0.2) is 0 Å². The van der Waals surface area contributed by atoms with Gasteiger partial charge in [-0.1, -0.05) is 30.3 Å². The van der Waals surface area contributed by atoms with Crippen LogP contribution >= 0.6 is 0 Å². The molecule has 0 fully saturated rings. The van der Waals surface area contributed by atoms with Gasteiger partial charge >= 0.3 is 0 Å². The molecule has 0 unspecified atom stereocenters. The predicted molar refractivity (Wildman–Crippen MR) is 82.9 cm³/mol. The Morgan fingerprint density at radius 2 is 2.05 bits per heavy atom. The minimum atomic E-state index is -0.473. The largest absolute Gasteiger partial charge is 0.391 e. The molecular weight excluding hydrogens is 262 g/mol. The molecule has 0 spiro atoms. The number of anilines is 1. The zero-order valence-corrected chi connectivity index (χ0v) is 12.1. The fourth-order valence-electron chi connectivity index (χ4n) is 2.13. The van der Waals surface area contributed by atoms with Gasteiger partial charge in [0.2, 0.25) is 0 Å². The van der Waals surface area contributed by atoms with E-state index in [-0.39, 0.29) is 0 Å². The Hall–Kier alpha value is -2.38. The fraction of sp³-hybridized carbons (Fsp3) is 0.294. The van der Waals surface area contributed by atoms with Crippen LogP contribution in [0.25, 0.3) is 0 Å². The van der Waals surface area contributed by atoms with E-state index < -0.39 is 6.10 Å². The van der Waals surface area contributed by atoms with Crippen molar-refractivity contribution >= 4 is 5.82 Å². The van der Waals surface area contributed by atoms with Gasteiger partial charge in [-0.3, -0.25) is 0 Å². The average Bonchev–Trinajstić information content (AvgIpc) is 2.52. The number of hydrogen-bond donors (Lipinski definition) is 2. The summed E-state index contributed by atoms with van der Waals surface area (Å²) in [7, 11) is 0. The molecule has 0 radical (unpaired) electrons. The van der Waals surface area contributed by atoms with Crippen LogP contribution in [-0.2, 0) is 6.42 Å². The smallest absolute Gasteiger partial charge is 0.144 e. The van der Waals surface area contributed by atoms with Crippen LogP contribution in [0, 0.1) is 18.3 Å². The number of nitriles is 1. The second-order valence-electron chi connectivity index (χ2n) is 5.02. The van der Waals surface area contributed by atoms with Crippen molar-refractivity contribution in [1.29, 1.82) is 5.26 Å². The molecule has 0 bridgehead atoms. The van der Waals surface area contributed by atoms with Crippen molar-refractivity contribution in [2.45, 2.75) is 25.9 Å². The summed E-state index contributed by atoms with van der Waals surface area (Å²) in [5.74, 6) is 0.538. The van der Waals surface area contributed by atoms with Gasteiger partial charge in [-0.25, -0.2) is 4.98 Å². The highest BCUT2D eigenvalue weighted by Crippen LogP contribution is 2.15. The van der Waals surface area contributed by atoms with E-state index in [1.165, 1.54) is 5.56 Å². The number of pyridine rings is 1. The lowest BCUT2D eigenvalue weighted by molar-refractivity contribution is 0.177. The number of nitrogens with one attached hydrogen (secondary N) is 1. The standard InChI is InChI=1S/C17H19N3O/c1-13-9-10-19-17(16(13)11-18)20-12-15(21)8-7-14-5-3-2-4-6-14/h2-6,9-10,15,21H,7-8,12H2,1H3,(H,19,20)/t15-/m1/s1. The van der Waals surface area contributed by atoms with Crippen molar-refractivity contribution in [3.8, 4) is 6.07 Å². The minimum absolute atomic E-state index is 0.387. The maximum absolute atomic E-state index is 10.0. The first kappa shape index (κ1) is 15.0. The first-order chi connectivity index (χ1) is 10.2. The molecule has 1 atom stereocenters. The molecular formula is C17H19N3O. The van der Waals surface area contributed by atoms with Crippen molar-refractivity contribution in [1.82, 2.24) is 4.98 Å². The quantitative estimate of drug-likeness (QED) is 0.854. The number of aliphatic hydroxyl groups excluding tert-OH is 1. The van der Waals surface area contributed by atoms with Crippen molar-refractivity contribution in [2.24, 2.45) is 0 Å². The summed E-state index contributed by atoms with van der Waals surface area (Å²) in [6.45, 7) is 2.26. The van der Waals surface area contributed by atoms with E-state index in [4.69, 9.17) is 5.26 Å². The summed E-state index contributed by atoms with van der Waals surface area (Å²) >= 11 is 0. The molecule has 0 aliphatic heterocycles. The zero-order chi connectivity index (χ0) is 15.1. The van der Waals surface area contributed by atoms with Crippen LogP contribution < -0.4 is 5.32 Å². The highest BCUT2D eigenvalue weighted by atomic mass is 16.3. The normalized spacial score (nSPS) is 11.7. The summed E-state index contributed by atoms with van der Waals surface area (Å²) in [5.41, 5.74) is 2.63. The van der Waals surface area contributed by atoms with Crippen LogP contribution in [-0.4, -0.2) is 22.7 Å². The van der Waals surface area contributed by atoms with E-state index in [9.17, 15) is 5.11 Å². The molecule has 0 amide bonds. The number of rotatable bonds is 6. The number of benzene rings is 1. The van der Waals surface area contributed by atoms with Crippen LogP contribution in [0.4, 0.5) is 5.82 Å². The second-order valence-corrected chi connectivity index (χ2v) is 5.02. The Balaban J connectivity index is 1.86. The van der Waals surface area contributed by atoms with E-state index in [0.29, 0.717) is 24.3 Å². The Labute approximate surface area is 125 Å². The molecule has 0 saturated carbocycles. The van der Waals surface area contributed by atoms with Crippen LogP contribution in [0.3, 0.4) is 0 Å². The van der Waals surface area contributed by atoms with Crippen LogP contribution in [0.15, 0.2) is 42.6 Å². The fourth-order valence-corrected chi connectivity index (χ4v) is 2.13. The van der Waals surface area contributed by atoms with Gasteiger partial charge in [0.25, 0.3) is 0 Å². The van der Waals surface area contributed by atoms with Crippen molar-refractivity contribution in [2.75, 3.05) is 11.9 Å². The van der Waals surface area contributed by atoms with E-state index in [2.05, 4.69) is 28.5 Å². The molecule has 0 saturated heterocycles. The zero-order valence-electron chi connectivity index (χ0n) is 12.1. The summed E-state index contributed by atoms with van der Waals surface area (Å²) in [6.07, 6.45) is 2.69. The first-order valence-corrected chi connectivity index (χ1v) is 7.02. The van der Waals surface area contributed by atoms with E-state index >= 15 is 0 Å². The number of aryl methyl sites for hydroxylation is 2. The summed E-state index contributed by atoms with van der Waals surface area (Å²) in [5, 5.41) is 22.2. The first-order valence-electron chi connectivity index (χ1n) is 7.02. The van der Waals surface area contributed by atoms with Crippen molar-refractivity contribution in [3.05, 3.63) is 59.3 Å². The van der Waals surface area contributed by atoms with Gasteiger partial charge in [-0.15, -0.1) is 0 Å². The monoisotopic (exact) mass is 281 g/mol. The third kappa shape index (κ3) is 4.30. The van der Waals surface area contributed by atoms with Crippen LogP contribution in [0.1, 0.15) is 23.1 Å². The van der Waals surface area contributed by atoms with Gasteiger partial charge in [0, 0.05) is 12.7 Å². The molecule has 2 aromatic rings. The molecule has 0 aliphatic rings. The molecule has 1 aromatic heterocycles. The third-order valence-electron chi connectivity index (χ3n) is 3.39. The topological polar surface area (TPSA) is 68.9 Å². The molecule has 4 heteroatoms. The summed E-state index contributed by atoms with van der Waals surface area (Å²) in [4.78, 5) is 4.16. The maximum atomic E-state index is 10.0. The molecule has 108 valence electrons. The molecule has 1 aromatic carbocycles. The van der Waals surface area contributed by atoms with Gasteiger partial charge < -0.3 is 10.4 Å². The molecule has 2 N–H and O–H groups in total. The number of nitrogens with zero attached hydrogens (tertiary/aromatic N) is 2. The Bertz CT molecular complexity index is 620. The average molecular weight is 281 g/mol. The highest BCUT2D eigenvalue weighted by molar-refractivity contribution is 5.55. The van der Waals surface area contributed by atoms with Gasteiger partial charge in [0.1, 0.15) is 11.9 Å². The molecule has 1 heterocycles. The van der Waals surface area contributed by atoms with Gasteiger partial charge in [-0.2, -0.15) is 5.26 Å². The Morgan fingerprint density at radius 3 is 2.76 bits per heavy atom. The van der Waals surface area contributed by atoms with Crippen molar-refractivity contribution < 1.29 is 5.11 Å². The second kappa shape index (κ2) is 7.41. The number of hydrogen-bond acceptors (Lipinski definition) is 4. The highest BCUT2D eigenvalue weighted by Gasteiger charge is 2.09. The predicted octanol–water partition coefficient (Wildman–Crippen LogP) is 2.67. The van der Waals surface area contributed by atoms with E-state index in [1.807, 2.05) is 25.1 Å². The van der Waals surface area contributed by atoms with E-state index in [0.717, 1.165) is 12.0 Å². The number of aliphatic hydroxyl groups is 1. The van der Waals surface area contributed by atoms with Gasteiger partial charge in [-0.05, 0) is 37.0 Å². The van der Waals surface area contributed by atoms with Crippen LogP contribution in [0.2, 0.25) is 0 Å². The lowest BCUT2D eigenvalue weighted by Gasteiger charge is -2.13. The SMILES string of the molecule is Cc1ccnc(NC[C@H](O)CCc2ccccc2)c1C#N. The summed E-state index contributed by atoms with van der Waals surface area (Å²) < 4.78 is 0. The maximum Gasteiger partial charge on any atom is 0.144 e. The third-order valence-corrected chi connectivity index (χ3v) is 3.39. The van der Waals surface area contributed by atoms with E-state index in [1.54, 1.807) is 12.3 Å². The van der Waals surface area contributed by atoms with Gasteiger partial charge in [0.05, 0.1) is 11.7 Å². The molecule has 21 heavy (non-hydrogen) atoms. The number of aromatic nitrogens is 1. The lowest BCUT2D eigenvalue weighted by atomic mass is 10.1. The Kier molecular flexibility index (Phi) is 5.30. The minimum Gasteiger partial charge on any atom is -0.391 e. The lowest BCUT2D eigenvalue weighted by Crippen LogP contribution is -2.21. The molecule has 4 nitrogen and oxygen atoms in total. The van der Waals surface area contributed by atoms with Crippen LogP contribution in [0.5, 0.6) is 0 Å². The Morgan fingerprint density at radius 1 is 1.29 bits per heavy atom. The molecule has 0 aliphatic carbocycles. The van der Waals surface area contributed by atoms with Crippen molar-refractivity contribution in [3.63, 3.8) is 0 Å².